The average molecular weight is 410 g/mol. The normalized spacial score (nSPS) is 10.2. The van der Waals surface area contributed by atoms with Gasteiger partial charge in [0.1, 0.15) is 34.8 Å². The Kier molecular flexibility index (Phi) is 5.58. The third-order valence-electron chi connectivity index (χ3n) is 4.34. The van der Waals surface area contributed by atoms with Crippen molar-refractivity contribution in [3.63, 3.8) is 0 Å². The van der Waals surface area contributed by atoms with Crippen LogP contribution in [0, 0.1) is 11.3 Å². The molecule has 8 nitrogen and oxygen atoms in total. The van der Waals surface area contributed by atoms with Crippen molar-refractivity contribution in [3.05, 3.63) is 78.6 Å². The van der Waals surface area contributed by atoms with E-state index in [1.165, 1.54) is 6.20 Å². The fourth-order valence-corrected chi connectivity index (χ4v) is 2.87. The molecule has 4 aromatic rings. The van der Waals surface area contributed by atoms with E-state index in [1.807, 2.05) is 60.7 Å². The third kappa shape index (κ3) is 4.86. The minimum Gasteiger partial charge on any atom is -0.497 e. The lowest BCUT2D eigenvalue weighted by Gasteiger charge is -2.10. The van der Waals surface area contributed by atoms with Crippen LogP contribution in [0.25, 0.3) is 11.3 Å². The highest BCUT2D eigenvalue weighted by Crippen LogP contribution is 2.27. The molecule has 2 heterocycles. The van der Waals surface area contributed by atoms with Gasteiger partial charge in [-0.15, -0.1) is 0 Å². The van der Waals surface area contributed by atoms with E-state index >= 15 is 0 Å². The van der Waals surface area contributed by atoms with E-state index in [0.29, 0.717) is 28.7 Å². The summed E-state index contributed by atoms with van der Waals surface area (Å²) in [6, 6.07) is 22.0. The number of ether oxygens (including phenoxy) is 2. The average Bonchev–Trinajstić information content (AvgIpc) is 2.80. The van der Waals surface area contributed by atoms with Crippen LogP contribution in [0.15, 0.2) is 72.9 Å². The van der Waals surface area contributed by atoms with Crippen molar-refractivity contribution in [2.45, 2.75) is 0 Å². The first-order valence-electron chi connectivity index (χ1n) is 9.33. The summed E-state index contributed by atoms with van der Waals surface area (Å²) in [5.74, 6) is 2.67. The zero-order valence-electron chi connectivity index (χ0n) is 16.6. The van der Waals surface area contributed by atoms with E-state index in [2.05, 4.69) is 20.3 Å². The van der Waals surface area contributed by atoms with Crippen molar-refractivity contribution in [2.75, 3.05) is 18.2 Å². The second-order valence-corrected chi connectivity index (χ2v) is 6.47. The predicted octanol–water partition coefficient (Wildman–Crippen LogP) is 4.54. The molecule has 0 saturated carbocycles. The molecular formula is C23H18N6O2. The van der Waals surface area contributed by atoms with Gasteiger partial charge in [-0.1, -0.05) is 0 Å². The minimum absolute atomic E-state index is 0.168. The smallest absolute Gasteiger partial charge is 0.222 e. The molecule has 0 radical (unpaired) electrons. The molecule has 2 aromatic heterocycles. The van der Waals surface area contributed by atoms with Crippen LogP contribution in [0.5, 0.6) is 17.2 Å². The fraction of sp³-hybridized carbons (Fsp3) is 0.0435. The van der Waals surface area contributed by atoms with Crippen molar-refractivity contribution >= 4 is 17.5 Å². The van der Waals surface area contributed by atoms with Crippen molar-refractivity contribution in [2.24, 2.45) is 0 Å². The number of aromatic nitrogens is 3. The SMILES string of the molecule is COc1ccc(-c2cc(Nc3ccc(Oc4ccnc(C#N)c4)cc3)nc(N)n2)cc1. The molecule has 0 aliphatic rings. The Bertz CT molecular complexity index is 1230. The number of rotatable bonds is 6. The zero-order valence-corrected chi connectivity index (χ0v) is 16.6. The molecule has 4 rings (SSSR count). The van der Waals surface area contributed by atoms with Crippen LogP contribution < -0.4 is 20.5 Å². The first-order valence-corrected chi connectivity index (χ1v) is 9.33. The number of hydrogen-bond acceptors (Lipinski definition) is 8. The summed E-state index contributed by atoms with van der Waals surface area (Å²) in [7, 11) is 1.62. The number of anilines is 3. The van der Waals surface area contributed by atoms with Gasteiger partial charge in [0.25, 0.3) is 0 Å². The van der Waals surface area contributed by atoms with Gasteiger partial charge in [-0.3, -0.25) is 0 Å². The van der Waals surface area contributed by atoms with E-state index < -0.39 is 0 Å². The lowest BCUT2D eigenvalue weighted by atomic mass is 10.1. The number of nitrogen functional groups attached to an aromatic ring is 1. The highest BCUT2D eigenvalue weighted by molar-refractivity contribution is 5.67. The van der Waals surface area contributed by atoms with E-state index in [1.54, 1.807) is 19.2 Å². The Morgan fingerprint density at radius 1 is 0.903 bits per heavy atom. The Hall–Kier alpha value is -4.64. The Morgan fingerprint density at radius 3 is 2.35 bits per heavy atom. The molecule has 2 aromatic carbocycles. The largest absolute Gasteiger partial charge is 0.497 e. The summed E-state index contributed by atoms with van der Waals surface area (Å²) in [5, 5.41) is 12.2. The molecule has 152 valence electrons. The molecule has 8 heteroatoms. The zero-order chi connectivity index (χ0) is 21.6. The van der Waals surface area contributed by atoms with Crippen LogP contribution >= 0.6 is 0 Å². The Labute approximate surface area is 179 Å². The minimum atomic E-state index is 0.168. The lowest BCUT2D eigenvalue weighted by molar-refractivity contribution is 0.415. The highest BCUT2D eigenvalue weighted by atomic mass is 16.5. The summed E-state index contributed by atoms with van der Waals surface area (Å²) < 4.78 is 11.0. The summed E-state index contributed by atoms with van der Waals surface area (Å²) in [6.07, 6.45) is 1.53. The maximum Gasteiger partial charge on any atom is 0.222 e. The Balaban J connectivity index is 1.50. The molecule has 0 aliphatic carbocycles. The summed E-state index contributed by atoms with van der Waals surface area (Å²) >= 11 is 0. The molecule has 0 spiro atoms. The molecule has 0 atom stereocenters. The topological polar surface area (TPSA) is 119 Å². The van der Waals surface area contributed by atoms with Gasteiger partial charge in [0.05, 0.1) is 12.8 Å². The number of nitriles is 1. The first-order chi connectivity index (χ1) is 15.1. The second kappa shape index (κ2) is 8.80. The monoisotopic (exact) mass is 410 g/mol. The number of benzene rings is 2. The first kappa shape index (κ1) is 19.7. The molecule has 0 amide bonds. The van der Waals surface area contributed by atoms with Gasteiger partial charge < -0.3 is 20.5 Å². The molecule has 0 aliphatic heterocycles. The van der Waals surface area contributed by atoms with E-state index in [-0.39, 0.29) is 5.95 Å². The Morgan fingerprint density at radius 2 is 1.65 bits per heavy atom. The van der Waals surface area contributed by atoms with Crippen LogP contribution in [-0.4, -0.2) is 22.1 Å². The van der Waals surface area contributed by atoms with Crippen molar-refractivity contribution in [3.8, 4) is 34.6 Å². The predicted molar refractivity (Wildman–Crippen MR) is 117 cm³/mol. The van der Waals surface area contributed by atoms with E-state index in [4.69, 9.17) is 20.5 Å². The lowest BCUT2D eigenvalue weighted by Crippen LogP contribution is -2.01. The van der Waals surface area contributed by atoms with Crippen LogP contribution in [0.2, 0.25) is 0 Å². The quantitative estimate of drug-likeness (QED) is 0.476. The van der Waals surface area contributed by atoms with Crippen molar-refractivity contribution < 1.29 is 9.47 Å². The molecule has 0 bridgehead atoms. The summed E-state index contributed by atoms with van der Waals surface area (Å²) in [6.45, 7) is 0. The van der Waals surface area contributed by atoms with E-state index in [0.717, 1.165) is 17.0 Å². The van der Waals surface area contributed by atoms with Gasteiger partial charge in [0, 0.05) is 29.6 Å². The van der Waals surface area contributed by atoms with Gasteiger partial charge in [-0.25, -0.2) is 9.97 Å². The van der Waals surface area contributed by atoms with Crippen LogP contribution in [0.3, 0.4) is 0 Å². The fourth-order valence-electron chi connectivity index (χ4n) is 2.87. The molecule has 0 saturated heterocycles. The van der Waals surface area contributed by atoms with Crippen molar-refractivity contribution in [1.82, 2.24) is 15.0 Å². The van der Waals surface area contributed by atoms with Crippen LogP contribution in [-0.2, 0) is 0 Å². The van der Waals surface area contributed by atoms with E-state index in [9.17, 15) is 0 Å². The summed E-state index contributed by atoms with van der Waals surface area (Å²) in [4.78, 5) is 12.5. The molecule has 0 unspecified atom stereocenters. The maximum absolute atomic E-state index is 8.94. The molecular weight excluding hydrogens is 392 g/mol. The maximum atomic E-state index is 8.94. The standard InChI is InChI=1S/C23H18N6O2/c1-30-18-6-2-15(3-7-18)21-13-22(29-23(25)28-21)27-16-4-8-19(9-5-16)31-20-10-11-26-17(12-20)14-24/h2-13H,1H3,(H3,25,27,28,29). The van der Waals surface area contributed by atoms with Gasteiger partial charge in [0.15, 0.2) is 0 Å². The van der Waals surface area contributed by atoms with Crippen molar-refractivity contribution in [1.29, 1.82) is 5.26 Å². The second-order valence-electron chi connectivity index (χ2n) is 6.47. The number of hydrogen-bond donors (Lipinski definition) is 2. The van der Waals surface area contributed by atoms with Gasteiger partial charge >= 0.3 is 0 Å². The van der Waals surface area contributed by atoms with Crippen LogP contribution in [0.1, 0.15) is 5.69 Å². The highest BCUT2D eigenvalue weighted by Gasteiger charge is 2.07. The third-order valence-corrected chi connectivity index (χ3v) is 4.34. The summed E-state index contributed by atoms with van der Waals surface area (Å²) in [5.41, 5.74) is 8.60. The number of nitrogens with two attached hydrogens (primary N) is 1. The number of nitrogens with one attached hydrogen (secondary N) is 1. The van der Waals surface area contributed by atoms with Crippen LogP contribution in [0.4, 0.5) is 17.5 Å². The van der Waals surface area contributed by atoms with Gasteiger partial charge in [-0.2, -0.15) is 10.2 Å². The molecule has 31 heavy (non-hydrogen) atoms. The van der Waals surface area contributed by atoms with Gasteiger partial charge in [-0.05, 0) is 54.6 Å². The molecule has 0 fully saturated rings. The number of methoxy groups -OCH3 is 1. The van der Waals surface area contributed by atoms with Gasteiger partial charge in [0.2, 0.25) is 5.95 Å². The number of pyridine rings is 1. The molecule has 3 N–H and O–H groups in total. The number of nitrogens with zero attached hydrogens (tertiary/aromatic N) is 4.